The number of piperidine rings is 1. The zero-order chi connectivity index (χ0) is 13.2. The van der Waals surface area contributed by atoms with Gasteiger partial charge in [-0.15, -0.1) is 0 Å². The van der Waals surface area contributed by atoms with Crippen molar-refractivity contribution in [1.29, 1.82) is 0 Å². The SMILES string of the molecule is CN1CCC(Oc2ccc3ccc(N)nc3n2)CC1. The van der Waals surface area contributed by atoms with Gasteiger partial charge in [0.25, 0.3) is 0 Å². The fraction of sp³-hybridized carbons (Fsp3) is 0.429. The first-order valence-corrected chi connectivity index (χ1v) is 6.59. The molecule has 0 unspecified atom stereocenters. The average Bonchev–Trinajstić information content (AvgIpc) is 2.41. The van der Waals surface area contributed by atoms with Crippen molar-refractivity contribution in [3.63, 3.8) is 0 Å². The van der Waals surface area contributed by atoms with Crippen LogP contribution in [-0.2, 0) is 0 Å². The molecule has 0 aromatic carbocycles. The number of hydrogen-bond donors (Lipinski definition) is 1. The summed E-state index contributed by atoms with van der Waals surface area (Å²) in [4.78, 5) is 11.0. The number of rotatable bonds is 2. The summed E-state index contributed by atoms with van der Waals surface area (Å²) in [6.45, 7) is 2.15. The van der Waals surface area contributed by atoms with Gasteiger partial charge in [0.15, 0.2) is 5.65 Å². The fourth-order valence-electron chi connectivity index (χ4n) is 2.34. The monoisotopic (exact) mass is 258 g/mol. The Bertz CT molecular complexity index is 579. The number of fused-ring (bicyclic) bond motifs is 1. The van der Waals surface area contributed by atoms with Gasteiger partial charge in [0.2, 0.25) is 5.88 Å². The van der Waals surface area contributed by atoms with E-state index in [4.69, 9.17) is 10.5 Å². The molecule has 0 saturated carbocycles. The Hall–Kier alpha value is -1.88. The van der Waals surface area contributed by atoms with Crippen LogP contribution in [0.1, 0.15) is 12.8 Å². The minimum absolute atomic E-state index is 0.252. The van der Waals surface area contributed by atoms with Crippen molar-refractivity contribution in [3.05, 3.63) is 24.3 Å². The zero-order valence-electron chi connectivity index (χ0n) is 11.0. The molecule has 5 nitrogen and oxygen atoms in total. The molecule has 1 fully saturated rings. The average molecular weight is 258 g/mol. The van der Waals surface area contributed by atoms with Gasteiger partial charge in [-0.05, 0) is 38.1 Å². The van der Waals surface area contributed by atoms with Crippen molar-refractivity contribution in [2.24, 2.45) is 0 Å². The van der Waals surface area contributed by atoms with Crippen LogP contribution in [0, 0.1) is 0 Å². The van der Waals surface area contributed by atoms with Crippen LogP contribution in [0.25, 0.3) is 11.0 Å². The number of anilines is 1. The summed E-state index contributed by atoms with van der Waals surface area (Å²) in [6.07, 6.45) is 2.34. The Balaban J connectivity index is 1.77. The van der Waals surface area contributed by atoms with Crippen molar-refractivity contribution < 1.29 is 4.74 Å². The summed E-state index contributed by atoms with van der Waals surface area (Å²) in [5, 5.41) is 0.977. The molecule has 5 heteroatoms. The van der Waals surface area contributed by atoms with Crippen molar-refractivity contribution in [2.45, 2.75) is 18.9 Å². The summed E-state index contributed by atoms with van der Waals surface area (Å²) in [7, 11) is 2.14. The molecule has 3 heterocycles. The van der Waals surface area contributed by atoms with E-state index >= 15 is 0 Å². The van der Waals surface area contributed by atoms with E-state index < -0.39 is 0 Å². The third kappa shape index (κ3) is 2.76. The molecule has 2 aromatic rings. The van der Waals surface area contributed by atoms with Crippen molar-refractivity contribution in [2.75, 3.05) is 25.9 Å². The van der Waals surface area contributed by atoms with Crippen LogP contribution in [0.15, 0.2) is 24.3 Å². The predicted octanol–water partition coefficient (Wildman–Crippen LogP) is 1.69. The molecule has 1 aliphatic rings. The molecule has 0 amide bonds. The zero-order valence-corrected chi connectivity index (χ0v) is 11.0. The lowest BCUT2D eigenvalue weighted by Gasteiger charge is -2.28. The highest BCUT2D eigenvalue weighted by Gasteiger charge is 2.18. The van der Waals surface area contributed by atoms with Gasteiger partial charge in [-0.3, -0.25) is 0 Å². The van der Waals surface area contributed by atoms with Crippen molar-refractivity contribution in [3.8, 4) is 5.88 Å². The maximum atomic E-state index is 5.93. The Morgan fingerprint density at radius 3 is 2.68 bits per heavy atom. The first kappa shape index (κ1) is 12.2. The number of hydrogen-bond acceptors (Lipinski definition) is 5. The molecule has 3 rings (SSSR count). The Labute approximate surface area is 112 Å². The van der Waals surface area contributed by atoms with Crippen LogP contribution >= 0.6 is 0 Å². The molecule has 0 atom stereocenters. The molecule has 2 N–H and O–H groups in total. The molecule has 0 aliphatic carbocycles. The molecule has 100 valence electrons. The normalized spacial score (nSPS) is 17.7. The minimum Gasteiger partial charge on any atom is -0.474 e. The van der Waals surface area contributed by atoms with Gasteiger partial charge >= 0.3 is 0 Å². The fourth-order valence-corrected chi connectivity index (χ4v) is 2.34. The van der Waals surface area contributed by atoms with E-state index in [0.717, 1.165) is 31.3 Å². The Morgan fingerprint density at radius 1 is 1.16 bits per heavy atom. The first-order valence-electron chi connectivity index (χ1n) is 6.59. The van der Waals surface area contributed by atoms with Gasteiger partial charge < -0.3 is 15.4 Å². The van der Waals surface area contributed by atoms with Crippen molar-refractivity contribution >= 4 is 16.9 Å². The van der Waals surface area contributed by atoms with Crippen LogP contribution in [0.3, 0.4) is 0 Å². The topological polar surface area (TPSA) is 64.3 Å². The van der Waals surface area contributed by atoms with Crippen LogP contribution in [-0.4, -0.2) is 41.1 Å². The summed E-state index contributed by atoms with van der Waals surface area (Å²) >= 11 is 0. The lowest BCUT2D eigenvalue weighted by atomic mass is 10.1. The van der Waals surface area contributed by atoms with Gasteiger partial charge in [-0.1, -0.05) is 0 Å². The molecular formula is C14H18N4O. The molecule has 0 radical (unpaired) electrons. The number of likely N-dealkylation sites (tertiary alicyclic amines) is 1. The second-order valence-corrected chi connectivity index (χ2v) is 5.05. The second-order valence-electron chi connectivity index (χ2n) is 5.05. The summed E-state index contributed by atoms with van der Waals surface area (Å²) in [5.41, 5.74) is 6.32. The van der Waals surface area contributed by atoms with Gasteiger partial charge in [0.05, 0.1) is 0 Å². The van der Waals surface area contributed by atoms with E-state index in [-0.39, 0.29) is 6.10 Å². The first-order chi connectivity index (χ1) is 9.20. The predicted molar refractivity (Wildman–Crippen MR) is 75.1 cm³/mol. The Morgan fingerprint density at radius 2 is 1.89 bits per heavy atom. The van der Waals surface area contributed by atoms with E-state index in [1.54, 1.807) is 6.07 Å². The van der Waals surface area contributed by atoms with Gasteiger partial charge in [0, 0.05) is 24.5 Å². The third-order valence-corrected chi connectivity index (χ3v) is 3.50. The van der Waals surface area contributed by atoms with Crippen LogP contribution in [0.4, 0.5) is 5.82 Å². The van der Waals surface area contributed by atoms with Crippen molar-refractivity contribution in [1.82, 2.24) is 14.9 Å². The Kier molecular flexibility index (Phi) is 3.21. The lowest BCUT2D eigenvalue weighted by Crippen LogP contribution is -2.35. The molecule has 2 aromatic heterocycles. The number of nitrogens with zero attached hydrogens (tertiary/aromatic N) is 3. The number of pyridine rings is 2. The minimum atomic E-state index is 0.252. The van der Waals surface area contributed by atoms with E-state index in [1.165, 1.54) is 0 Å². The van der Waals surface area contributed by atoms with E-state index in [1.807, 2.05) is 18.2 Å². The van der Waals surface area contributed by atoms with E-state index in [9.17, 15) is 0 Å². The highest BCUT2D eigenvalue weighted by molar-refractivity contribution is 5.76. The standard InChI is InChI=1S/C14H18N4O/c1-18-8-6-11(7-9-18)19-13-5-3-10-2-4-12(15)16-14(10)17-13/h2-5,11H,6-9H2,1H3,(H2,15,16,17). The van der Waals surface area contributed by atoms with Gasteiger partial charge in [-0.2, -0.15) is 4.98 Å². The molecule has 19 heavy (non-hydrogen) atoms. The second kappa shape index (κ2) is 5.01. The summed E-state index contributed by atoms with van der Waals surface area (Å²) in [5.74, 6) is 1.12. The number of aromatic nitrogens is 2. The highest BCUT2D eigenvalue weighted by atomic mass is 16.5. The van der Waals surface area contributed by atoms with Crippen LogP contribution in [0.2, 0.25) is 0 Å². The summed E-state index contributed by atoms with van der Waals surface area (Å²) in [6, 6.07) is 7.57. The number of nitrogen functional groups attached to an aromatic ring is 1. The molecule has 1 saturated heterocycles. The third-order valence-electron chi connectivity index (χ3n) is 3.50. The maximum absolute atomic E-state index is 5.93. The molecular weight excluding hydrogens is 240 g/mol. The smallest absolute Gasteiger partial charge is 0.215 e. The lowest BCUT2D eigenvalue weighted by molar-refractivity contribution is 0.110. The van der Waals surface area contributed by atoms with Crippen LogP contribution < -0.4 is 10.5 Å². The number of ether oxygens (including phenoxy) is 1. The molecule has 0 spiro atoms. The van der Waals surface area contributed by atoms with Crippen LogP contribution in [0.5, 0.6) is 5.88 Å². The highest BCUT2D eigenvalue weighted by Crippen LogP contribution is 2.20. The van der Waals surface area contributed by atoms with E-state index in [2.05, 4.69) is 21.9 Å². The summed E-state index contributed by atoms with van der Waals surface area (Å²) < 4.78 is 5.93. The van der Waals surface area contributed by atoms with Gasteiger partial charge in [-0.25, -0.2) is 4.98 Å². The number of nitrogens with two attached hydrogens (primary N) is 1. The molecule has 0 bridgehead atoms. The molecule has 1 aliphatic heterocycles. The maximum Gasteiger partial charge on any atom is 0.215 e. The van der Waals surface area contributed by atoms with Gasteiger partial charge in [0.1, 0.15) is 11.9 Å². The van der Waals surface area contributed by atoms with E-state index in [0.29, 0.717) is 17.3 Å². The largest absolute Gasteiger partial charge is 0.474 e. The quantitative estimate of drug-likeness (QED) is 0.888.